The van der Waals surface area contributed by atoms with Gasteiger partial charge in [0.1, 0.15) is 11.3 Å². The highest BCUT2D eigenvalue weighted by atomic mass is 16.6. The van der Waals surface area contributed by atoms with Gasteiger partial charge in [-0.25, -0.2) is 4.79 Å². The molecule has 5 nitrogen and oxygen atoms in total. The van der Waals surface area contributed by atoms with E-state index in [9.17, 15) is 4.79 Å². The van der Waals surface area contributed by atoms with Gasteiger partial charge in [0.2, 0.25) is 0 Å². The lowest BCUT2D eigenvalue weighted by Gasteiger charge is -2.36. The summed E-state index contributed by atoms with van der Waals surface area (Å²) >= 11 is 0. The van der Waals surface area contributed by atoms with Crippen molar-refractivity contribution in [1.82, 2.24) is 4.90 Å². The first-order chi connectivity index (χ1) is 9.69. The van der Waals surface area contributed by atoms with E-state index in [0.717, 1.165) is 12.8 Å². The molecule has 21 heavy (non-hydrogen) atoms. The fraction of sp³-hybridized carbons (Fsp3) is 0.812. The summed E-state index contributed by atoms with van der Waals surface area (Å²) < 4.78 is 17.0. The zero-order chi connectivity index (χ0) is 15.7. The molecule has 0 N–H and O–H groups in total. The highest BCUT2D eigenvalue weighted by Gasteiger charge is 2.46. The van der Waals surface area contributed by atoms with Crippen molar-refractivity contribution in [1.29, 1.82) is 0 Å². The first-order valence-corrected chi connectivity index (χ1v) is 7.62. The Morgan fingerprint density at radius 3 is 2.67 bits per heavy atom. The van der Waals surface area contributed by atoms with Crippen LogP contribution in [0.25, 0.3) is 0 Å². The lowest BCUT2D eigenvalue weighted by molar-refractivity contribution is -0.0644. The quantitative estimate of drug-likeness (QED) is 0.735. The molecule has 0 spiro atoms. The molecule has 0 bridgehead atoms. The number of nitrogens with zero attached hydrogens (tertiary/aromatic N) is 1. The number of carbonyl (C=O) groups is 1. The Hall–Kier alpha value is -1.07. The van der Waals surface area contributed by atoms with Gasteiger partial charge < -0.3 is 14.2 Å². The van der Waals surface area contributed by atoms with Gasteiger partial charge in [0.25, 0.3) is 0 Å². The molecule has 0 radical (unpaired) electrons. The molecule has 5 heteroatoms. The molecule has 1 fully saturated rings. The van der Waals surface area contributed by atoms with Crippen molar-refractivity contribution in [2.75, 3.05) is 13.2 Å². The van der Waals surface area contributed by atoms with Crippen LogP contribution in [0, 0.1) is 0 Å². The smallest absolute Gasteiger partial charge is 0.412 e. The minimum Gasteiger partial charge on any atom is -0.444 e. The molecule has 120 valence electrons. The highest BCUT2D eigenvalue weighted by molar-refractivity contribution is 5.69. The maximum atomic E-state index is 12.5. The second-order valence-corrected chi connectivity index (χ2v) is 7.16. The molecule has 0 saturated carbocycles. The van der Waals surface area contributed by atoms with E-state index in [1.54, 1.807) is 4.90 Å². The van der Waals surface area contributed by atoms with Gasteiger partial charge in [-0.15, -0.1) is 0 Å². The average molecular weight is 297 g/mol. The molecular weight excluding hydrogens is 270 g/mol. The minimum atomic E-state index is -0.641. The van der Waals surface area contributed by atoms with E-state index in [1.165, 1.54) is 0 Å². The summed E-state index contributed by atoms with van der Waals surface area (Å²) in [4.78, 5) is 14.2. The Bertz CT molecular complexity index is 411. The van der Waals surface area contributed by atoms with E-state index in [2.05, 4.69) is 6.08 Å². The molecule has 1 amide bonds. The first-order valence-electron chi connectivity index (χ1n) is 7.62. The third kappa shape index (κ3) is 4.20. The summed E-state index contributed by atoms with van der Waals surface area (Å²) in [6, 6.07) is -0.00801. The van der Waals surface area contributed by atoms with Gasteiger partial charge in [-0.2, -0.15) is 0 Å². The maximum absolute atomic E-state index is 12.5. The normalized spacial score (nSPS) is 28.7. The van der Waals surface area contributed by atoms with Crippen LogP contribution in [0.5, 0.6) is 0 Å². The zero-order valence-corrected chi connectivity index (χ0v) is 13.7. The third-order valence-electron chi connectivity index (χ3n) is 3.69. The van der Waals surface area contributed by atoms with Gasteiger partial charge >= 0.3 is 6.09 Å². The number of hydrogen-bond acceptors (Lipinski definition) is 4. The van der Waals surface area contributed by atoms with E-state index >= 15 is 0 Å². The first kappa shape index (κ1) is 16.3. The van der Waals surface area contributed by atoms with Crippen LogP contribution in [0.4, 0.5) is 4.79 Å². The van der Waals surface area contributed by atoms with Crippen molar-refractivity contribution in [3.8, 4) is 0 Å². The second-order valence-electron chi connectivity index (χ2n) is 7.16. The largest absolute Gasteiger partial charge is 0.444 e. The van der Waals surface area contributed by atoms with Gasteiger partial charge in [-0.1, -0.05) is 12.2 Å². The minimum absolute atomic E-state index is 0.00801. The lowest BCUT2D eigenvalue weighted by atomic mass is 10.0. The molecule has 1 saturated heterocycles. The topological polar surface area (TPSA) is 48.0 Å². The van der Waals surface area contributed by atoms with Crippen LogP contribution in [-0.2, 0) is 14.2 Å². The van der Waals surface area contributed by atoms with E-state index in [1.807, 2.05) is 40.7 Å². The molecule has 2 aliphatic rings. The summed E-state index contributed by atoms with van der Waals surface area (Å²) in [7, 11) is 0. The molecular formula is C16H27NO4. The summed E-state index contributed by atoms with van der Waals surface area (Å²) in [6.07, 6.45) is 5.64. The number of ether oxygens (including phenoxy) is 3. The van der Waals surface area contributed by atoms with Crippen molar-refractivity contribution in [3.05, 3.63) is 12.2 Å². The molecule has 0 aliphatic carbocycles. The van der Waals surface area contributed by atoms with Crippen molar-refractivity contribution in [3.63, 3.8) is 0 Å². The highest BCUT2D eigenvalue weighted by Crippen LogP contribution is 2.32. The van der Waals surface area contributed by atoms with Crippen LogP contribution < -0.4 is 0 Å². The van der Waals surface area contributed by atoms with Crippen LogP contribution >= 0.6 is 0 Å². The molecule has 2 rings (SSSR count). The SMILES string of the molecule is CC(C)(C)OC(=O)N1C(C[C@@H]2CC=CCO2)COC1(C)C. The van der Waals surface area contributed by atoms with Gasteiger partial charge in [0.05, 0.1) is 25.4 Å². The zero-order valence-electron chi connectivity index (χ0n) is 13.7. The summed E-state index contributed by atoms with van der Waals surface area (Å²) in [5.41, 5.74) is -1.15. The van der Waals surface area contributed by atoms with Gasteiger partial charge in [0, 0.05) is 0 Å². The van der Waals surface area contributed by atoms with Crippen molar-refractivity contribution >= 4 is 6.09 Å². The van der Waals surface area contributed by atoms with Gasteiger partial charge in [-0.05, 0) is 47.5 Å². The van der Waals surface area contributed by atoms with E-state index < -0.39 is 11.3 Å². The molecule has 0 aromatic rings. The van der Waals surface area contributed by atoms with E-state index in [-0.39, 0.29) is 18.2 Å². The van der Waals surface area contributed by atoms with Gasteiger partial charge in [0.15, 0.2) is 0 Å². The van der Waals surface area contributed by atoms with Crippen LogP contribution in [0.15, 0.2) is 12.2 Å². The fourth-order valence-corrected chi connectivity index (χ4v) is 2.78. The molecule has 2 heterocycles. The monoisotopic (exact) mass is 297 g/mol. The Kier molecular flexibility index (Phi) is 4.63. The van der Waals surface area contributed by atoms with Gasteiger partial charge in [-0.3, -0.25) is 4.90 Å². The number of rotatable bonds is 2. The number of carbonyl (C=O) groups excluding carboxylic acids is 1. The Balaban J connectivity index is 2.05. The average Bonchev–Trinajstić information content (AvgIpc) is 2.63. The lowest BCUT2D eigenvalue weighted by Crippen LogP contribution is -2.50. The number of hydrogen-bond donors (Lipinski definition) is 0. The fourth-order valence-electron chi connectivity index (χ4n) is 2.78. The molecule has 1 unspecified atom stereocenters. The molecule has 0 aromatic carbocycles. The molecule has 2 atom stereocenters. The summed E-state index contributed by atoms with van der Waals surface area (Å²) in [5.74, 6) is 0. The maximum Gasteiger partial charge on any atom is 0.412 e. The van der Waals surface area contributed by atoms with Crippen LogP contribution in [0.3, 0.4) is 0 Å². The van der Waals surface area contributed by atoms with Crippen molar-refractivity contribution < 1.29 is 19.0 Å². The molecule has 0 aromatic heterocycles. The predicted octanol–water partition coefficient (Wildman–Crippen LogP) is 3.09. The summed E-state index contributed by atoms with van der Waals surface area (Å²) in [5, 5.41) is 0. The van der Waals surface area contributed by atoms with Crippen LogP contribution in [0.1, 0.15) is 47.5 Å². The van der Waals surface area contributed by atoms with E-state index in [4.69, 9.17) is 14.2 Å². The standard InChI is InChI=1S/C16H27NO4/c1-15(2,3)21-14(18)17-12(11-20-16(17,4)5)10-13-8-6-7-9-19-13/h6-7,12-13H,8-11H2,1-5H3/t12?,13-/m0/s1. The molecule has 2 aliphatic heterocycles. The summed E-state index contributed by atoms with van der Waals surface area (Å²) in [6.45, 7) is 10.6. The van der Waals surface area contributed by atoms with Crippen molar-refractivity contribution in [2.24, 2.45) is 0 Å². The Morgan fingerprint density at radius 1 is 1.38 bits per heavy atom. The Labute approximate surface area is 127 Å². The second kappa shape index (κ2) is 5.97. The Morgan fingerprint density at radius 2 is 2.10 bits per heavy atom. The van der Waals surface area contributed by atoms with Crippen LogP contribution in [0.2, 0.25) is 0 Å². The number of amides is 1. The third-order valence-corrected chi connectivity index (χ3v) is 3.69. The van der Waals surface area contributed by atoms with E-state index in [0.29, 0.717) is 13.2 Å². The van der Waals surface area contributed by atoms with Crippen molar-refractivity contribution in [2.45, 2.75) is 70.9 Å². The predicted molar refractivity (Wildman–Crippen MR) is 80.0 cm³/mol. The van der Waals surface area contributed by atoms with Crippen LogP contribution in [-0.4, -0.2) is 47.7 Å².